The standard InChI is InChI=1S/C22H29FN6O.C20H23F6N5O.C19H21F6N5O.C19H22F2N6O2.2CH4/c1-21(2)10-16(7-8-17(21)30)28-19-15(11-24)13-27-20(29-19)26-12-14-6-5-9-25-18(14)22(3,4)23;1-17(2)14(7-18(17,3)32-4)30-15-13(20(24,25)26)10-29-16(31-15)28-9-11-8-27-6-5-12(11)19(21,22)23;1-17(2)13(6-14(17)31-3)29-15-12(19(23,24)25)9-28-16(30-15)27-8-10-7-26-5-4-11(10)18(20,21)22;1-19(2)13(6-14(19)28)26-16-12(7-22)9-25-18(27-16)24-8-11-4-3-5-23-17(11)29-10-15(20)21;;/h5-6,9,13,16-17,30H,7-8,10,12H2,1-4H3,(H2,26,27,28,29);5-6,8,10,14H,7,9H2,1-4H3,(H2,28,29,30,31);4-5,7,9,13-14H,6,8H2,1-3H3,(H2,27,28,29,30);3-5,9,13-15,28H,6,8,10H2,1-2H3,(H2,24,25,26,27);2*1H4/p+2/t16-,17+;;;13-,14+;;/m1..1../s1. The summed E-state index contributed by atoms with van der Waals surface area (Å²) in [4.78, 5) is 45.5. The summed E-state index contributed by atoms with van der Waals surface area (Å²) in [5, 5.41) is 62.3. The Morgan fingerprint density at radius 3 is 1.35 bits per heavy atom. The van der Waals surface area contributed by atoms with Crippen molar-refractivity contribution in [3.8, 4) is 18.0 Å². The third kappa shape index (κ3) is 24.7. The van der Waals surface area contributed by atoms with Gasteiger partial charge in [-0.3, -0.25) is 4.98 Å². The topological polar surface area (TPSA) is 369 Å². The number of nitrogens with zero attached hydrogens (tertiary/aromatic N) is 12. The fourth-order valence-electron chi connectivity index (χ4n) is 14.1. The summed E-state index contributed by atoms with van der Waals surface area (Å²) < 4.78 is 215. The second kappa shape index (κ2) is 40.2. The zero-order chi connectivity index (χ0) is 89.9. The van der Waals surface area contributed by atoms with Gasteiger partial charge in [-0.2, -0.15) is 83.1 Å². The van der Waals surface area contributed by atoms with Gasteiger partial charge in [0.15, 0.2) is 31.4 Å². The molecule has 0 radical (unpaired) electrons. The van der Waals surface area contributed by atoms with Crippen molar-refractivity contribution in [2.24, 2.45) is 21.7 Å². The molecule has 0 bridgehead atoms. The summed E-state index contributed by atoms with van der Waals surface area (Å²) in [7, 11) is 3.08. The van der Waals surface area contributed by atoms with Gasteiger partial charge in [-0.1, -0.05) is 82.4 Å². The van der Waals surface area contributed by atoms with Gasteiger partial charge in [0.25, 0.3) is 6.43 Å². The zero-order valence-corrected chi connectivity index (χ0v) is 68.8. The van der Waals surface area contributed by atoms with Crippen molar-refractivity contribution >= 4 is 47.1 Å². The Balaban J connectivity index is 0.000000226. The van der Waals surface area contributed by atoms with Crippen molar-refractivity contribution in [2.75, 3.05) is 63.4 Å². The van der Waals surface area contributed by atoms with E-state index in [-0.39, 0.29) is 122 Å². The Morgan fingerprint density at radius 1 is 0.508 bits per heavy atom. The molecule has 0 spiro atoms. The number of nitrogens with one attached hydrogen (secondary N) is 10. The Bertz CT molecular complexity index is 4970. The van der Waals surface area contributed by atoms with Crippen molar-refractivity contribution in [3.05, 3.63) is 160 Å². The molecule has 4 unspecified atom stereocenters. The maximum atomic E-state index is 14.4. The first kappa shape index (κ1) is 100.0. The van der Waals surface area contributed by atoms with E-state index in [1.54, 1.807) is 31.5 Å². The highest BCUT2D eigenvalue weighted by atomic mass is 19.4. The van der Waals surface area contributed by atoms with Gasteiger partial charge in [0, 0.05) is 134 Å². The van der Waals surface area contributed by atoms with Gasteiger partial charge >= 0.3 is 24.7 Å². The molecule has 4 saturated carbocycles. The van der Waals surface area contributed by atoms with Crippen LogP contribution in [0.15, 0.2) is 98.4 Å². The smallest absolute Gasteiger partial charge is 0.421 e. The average molecular weight is 1760 g/mol. The summed E-state index contributed by atoms with van der Waals surface area (Å²) in [6, 6.07) is 12.2. The third-order valence-electron chi connectivity index (χ3n) is 22.6. The minimum Gasteiger partial charge on any atom is -0.471 e. The van der Waals surface area contributed by atoms with Gasteiger partial charge in [-0.25, -0.2) is 48.1 Å². The first-order valence-electron chi connectivity index (χ1n) is 38.4. The van der Waals surface area contributed by atoms with E-state index < -0.39 is 99.8 Å². The Morgan fingerprint density at radius 2 is 0.935 bits per heavy atom. The van der Waals surface area contributed by atoms with E-state index in [0.29, 0.717) is 79.0 Å². The number of halogens is 15. The van der Waals surface area contributed by atoms with Crippen LogP contribution < -0.4 is 57.2 Å². The van der Waals surface area contributed by atoms with Crippen LogP contribution in [0.5, 0.6) is 5.88 Å². The van der Waals surface area contributed by atoms with Crippen LogP contribution in [0.2, 0.25) is 0 Å². The number of methoxy groups -OCH3 is 2. The first-order valence-corrected chi connectivity index (χ1v) is 38.4. The monoisotopic (exact) mass is 1760 g/mol. The van der Waals surface area contributed by atoms with Crippen LogP contribution in [0.3, 0.4) is 0 Å². The molecular weight excluding hydrogens is 1660 g/mol. The lowest BCUT2D eigenvalue weighted by Crippen LogP contribution is -2.65. The number of hydrogen-bond acceptors (Lipinski definition) is 25. The van der Waals surface area contributed by atoms with Crippen molar-refractivity contribution in [2.45, 2.75) is 241 Å². The molecule has 0 saturated heterocycles. The Labute approximate surface area is 708 Å². The van der Waals surface area contributed by atoms with Crippen molar-refractivity contribution < 1.29 is 100 Å². The van der Waals surface area contributed by atoms with Gasteiger partial charge in [0.05, 0.1) is 53.1 Å². The largest absolute Gasteiger partial charge is 0.471 e. The van der Waals surface area contributed by atoms with Crippen LogP contribution in [-0.2, 0) is 66.0 Å². The van der Waals surface area contributed by atoms with E-state index in [1.165, 1.54) is 39.5 Å². The SMILES string of the molecule is C.C.CC(C)(F)c1ncccc1CNc1ncc(C#N)c(N[C@@H]2CC[C@H](O)C(C)(C)C2)n1.CC1(C)[C@@H](O)C[C@H]1Nc1nc(NCc2cccnc2OCC(F)F)ncc1C#N.COC1(C)CC(Nc2nc(NCc3c[nH+]ccc3C(F)(F)F)ncc2C(F)(F)F)C1(C)C.COC1CC(Nc2nc(NCc3c[nH+]ccc3C(F)(F)F)ncc2C(F)(F)F)C1(C)C. The van der Waals surface area contributed by atoms with Gasteiger partial charge in [0.2, 0.25) is 29.7 Å². The summed E-state index contributed by atoms with van der Waals surface area (Å²) >= 11 is 0. The highest BCUT2D eigenvalue weighted by molar-refractivity contribution is 5.57. The quantitative estimate of drug-likeness (QED) is 0.0225. The van der Waals surface area contributed by atoms with E-state index in [0.717, 1.165) is 55.3 Å². The fourth-order valence-corrected chi connectivity index (χ4v) is 14.1. The van der Waals surface area contributed by atoms with Gasteiger partial charge in [-0.05, 0) is 82.4 Å². The van der Waals surface area contributed by atoms with Crippen LogP contribution >= 0.6 is 0 Å². The number of rotatable bonds is 26. The molecule has 4 aliphatic rings. The molecule has 4 fully saturated rings. The molecule has 8 heterocycles. The number of hydrogen-bond donors (Lipinski definition) is 10. The molecule has 676 valence electrons. The number of H-pyrrole nitrogens is 2. The minimum atomic E-state index is -4.71. The second-order valence-electron chi connectivity index (χ2n) is 32.7. The van der Waals surface area contributed by atoms with Crippen LogP contribution in [-0.4, -0.2) is 135 Å². The van der Waals surface area contributed by atoms with Gasteiger partial charge < -0.3 is 67.0 Å². The highest BCUT2D eigenvalue weighted by Gasteiger charge is 2.59. The van der Waals surface area contributed by atoms with Gasteiger partial charge in [0.1, 0.15) is 63.3 Å². The minimum absolute atomic E-state index is 0. The Kier molecular flexibility index (Phi) is 32.5. The maximum absolute atomic E-state index is 14.4. The van der Waals surface area contributed by atoms with Crippen LogP contribution in [0, 0.1) is 44.3 Å². The molecule has 8 atom stereocenters. The fraction of sp³-hybridized carbons (Fsp3) is 0.537. The van der Waals surface area contributed by atoms with Crippen LogP contribution in [0.25, 0.3) is 0 Å². The van der Waals surface area contributed by atoms with Crippen LogP contribution in [0.4, 0.5) is 113 Å². The highest BCUT2D eigenvalue weighted by Crippen LogP contribution is 2.54. The van der Waals surface area contributed by atoms with Crippen molar-refractivity contribution in [3.63, 3.8) is 0 Å². The maximum Gasteiger partial charge on any atom is 0.421 e. The summed E-state index contributed by atoms with van der Waals surface area (Å²) in [6.45, 7) is 19.3. The number of nitriles is 2. The van der Waals surface area contributed by atoms with E-state index in [1.807, 2.05) is 74.4 Å². The second-order valence-corrected chi connectivity index (χ2v) is 32.7. The molecule has 124 heavy (non-hydrogen) atoms. The molecule has 0 aliphatic heterocycles. The summed E-state index contributed by atoms with van der Waals surface area (Å²) in [6.07, 6.45) is -6.54. The van der Waals surface area contributed by atoms with E-state index in [2.05, 4.69) is 108 Å². The van der Waals surface area contributed by atoms with Crippen molar-refractivity contribution in [1.82, 2.24) is 49.8 Å². The predicted octanol–water partition coefficient (Wildman–Crippen LogP) is 16.5. The number of anilines is 8. The lowest BCUT2D eigenvalue weighted by atomic mass is 9.56. The molecule has 4 aliphatic carbocycles. The molecule has 8 aromatic rings. The third-order valence-corrected chi connectivity index (χ3v) is 22.6. The molecule has 12 N–H and O–H groups in total. The summed E-state index contributed by atoms with van der Waals surface area (Å²) in [5.74, 6) is 0.204. The number of alkyl halides is 15. The number of aliphatic hydroxyl groups is 2. The molecule has 0 amide bonds. The van der Waals surface area contributed by atoms with E-state index in [4.69, 9.17) is 14.2 Å². The summed E-state index contributed by atoms with van der Waals surface area (Å²) in [5.41, 5.74) is -5.36. The van der Waals surface area contributed by atoms with E-state index in [9.17, 15) is 86.6 Å². The molecule has 42 heteroatoms. The average Bonchev–Trinajstić information content (AvgIpc) is 0.715. The van der Waals surface area contributed by atoms with E-state index >= 15 is 0 Å². The number of aromatic amines is 2. The zero-order valence-electron chi connectivity index (χ0n) is 68.8. The van der Waals surface area contributed by atoms with Gasteiger partial charge in [-0.15, -0.1) is 0 Å². The number of aromatic nitrogens is 12. The molecule has 27 nitrogen and oxygen atoms in total. The molecule has 8 aromatic heterocycles. The first-order chi connectivity index (χ1) is 56.9. The number of pyridine rings is 4. The Hall–Kier alpha value is -11.1. The number of aliphatic hydroxyl groups excluding tert-OH is 2. The normalized spacial score (nSPS) is 20.8. The predicted molar refractivity (Wildman–Crippen MR) is 431 cm³/mol. The van der Waals surface area contributed by atoms with Crippen LogP contribution in [0.1, 0.15) is 191 Å². The lowest BCUT2D eigenvalue weighted by Gasteiger charge is -2.59. The van der Waals surface area contributed by atoms with Crippen molar-refractivity contribution in [1.29, 1.82) is 10.5 Å². The molecule has 0 aromatic carbocycles. The molecular formula is C82H105F15N22O5+2. The lowest BCUT2D eigenvalue weighted by molar-refractivity contribution is -0.379. The number of ether oxygens (including phenoxy) is 3. The molecule has 12 rings (SSSR count).